The molecule has 1 aromatic carbocycles. The lowest BCUT2D eigenvalue weighted by Gasteiger charge is -2.22. The Kier molecular flexibility index (Phi) is 6.03. The molecule has 25 heavy (non-hydrogen) atoms. The third kappa shape index (κ3) is 4.51. The Balaban J connectivity index is 2.09. The maximum atomic E-state index is 12.5. The molecule has 0 spiro atoms. The van der Waals surface area contributed by atoms with Gasteiger partial charge in [0, 0.05) is 31.7 Å². The van der Waals surface area contributed by atoms with Crippen molar-refractivity contribution in [2.24, 2.45) is 5.92 Å². The van der Waals surface area contributed by atoms with Crippen LogP contribution in [-0.2, 0) is 19.2 Å². The van der Waals surface area contributed by atoms with Gasteiger partial charge in [-0.3, -0.25) is 29.3 Å². The zero-order valence-corrected chi connectivity index (χ0v) is 14.3. The largest absolute Gasteiger partial charge is 0.299 e. The second kappa shape index (κ2) is 8.02. The topological polar surface area (TPSA) is 104 Å². The zero-order chi connectivity index (χ0) is 18.6. The van der Waals surface area contributed by atoms with E-state index in [1.165, 1.54) is 5.48 Å². The Bertz CT molecular complexity index is 667. The second-order valence-electron chi connectivity index (χ2n) is 6.37. The fourth-order valence-corrected chi connectivity index (χ4v) is 2.84. The summed E-state index contributed by atoms with van der Waals surface area (Å²) in [5, 5.41) is 8.91. The number of rotatable bonds is 7. The molecule has 134 valence electrons. The molecule has 1 aliphatic rings. The molecule has 1 fully saturated rings. The molecular formula is C18H22N2O5. The molecule has 1 unspecified atom stereocenters. The van der Waals surface area contributed by atoms with Crippen molar-refractivity contribution in [3.05, 3.63) is 35.4 Å². The van der Waals surface area contributed by atoms with E-state index in [9.17, 15) is 19.2 Å². The SMILES string of the molecule is Cc1ccc(C(C)C(=O)C[C@H](CN2C(=O)CCC2=O)C(=O)NO)cc1. The van der Waals surface area contributed by atoms with Crippen LogP contribution >= 0.6 is 0 Å². The molecule has 1 aromatic rings. The summed E-state index contributed by atoms with van der Waals surface area (Å²) in [6.07, 6.45) is 0.0541. The zero-order valence-electron chi connectivity index (χ0n) is 14.3. The lowest BCUT2D eigenvalue weighted by molar-refractivity contribution is -0.143. The standard InChI is InChI=1S/C18H22N2O5/c1-11-3-5-13(6-4-11)12(2)15(21)9-14(18(24)19-25)10-20-16(22)7-8-17(20)23/h3-6,12,14,25H,7-10H2,1-2H3,(H,19,24)/t12?,14-/m1/s1. The number of likely N-dealkylation sites (tertiary alicyclic amines) is 1. The van der Waals surface area contributed by atoms with E-state index in [1.54, 1.807) is 6.92 Å². The number of benzene rings is 1. The molecule has 0 aliphatic carbocycles. The summed E-state index contributed by atoms with van der Waals surface area (Å²) < 4.78 is 0. The highest BCUT2D eigenvalue weighted by atomic mass is 16.5. The average molecular weight is 346 g/mol. The molecule has 1 aliphatic heterocycles. The van der Waals surface area contributed by atoms with Crippen molar-refractivity contribution in [3.63, 3.8) is 0 Å². The summed E-state index contributed by atoms with van der Waals surface area (Å²) in [5.41, 5.74) is 3.42. The van der Waals surface area contributed by atoms with E-state index < -0.39 is 17.7 Å². The maximum Gasteiger partial charge on any atom is 0.248 e. The number of imide groups is 1. The van der Waals surface area contributed by atoms with Crippen molar-refractivity contribution in [2.45, 2.75) is 39.0 Å². The molecule has 7 nitrogen and oxygen atoms in total. The number of ketones is 1. The molecule has 7 heteroatoms. The van der Waals surface area contributed by atoms with Crippen LogP contribution < -0.4 is 5.48 Å². The van der Waals surface area contributed by atoms with Crippen LogP contribution in [0.4, 0.5) is 0 Å². The number of nitrogens with one attached hydrogen (secondary N) is 1. The molecular weight excluding hydrogens is 324 g/mol. The average Bonchev–Trinajstić information content (AvgIpc) is 2.92. The van der Waals surface area contributed by atoms with E-state index in [1.807, 2.05) is 31.2 Å². The predicted octanol–water partition coefficient (Wildman–Crippen LogP) is 1.33. The van der Waals surface area contributed by atoms with Gasteiger partial charge in [-0.15, -0.1) is 0 Å². The van der Waals surface area contributed by atoms with Crippen LogP contribution in [-0.4, -0.2) is 40.2 Å². The molecule has 2 atom stereocenters. The number of carbonyl (C=O) groups excluding carboxylic acids is 4. The van der Waals surface area contributed by atoms with Crippen LogP contribution in [0.25, 0.3) is 0 Å². The molecule has 0 saturated carbocycles. The van der Waals surface area contributed by atoms with E-state index in [0.29, 0.717) is 0 Å². The Morgan fingerprint density at radius 2 is 1.72 bits per heavy atom. The monoisotopic (exact) mass is 346 g/mol. The first kappa shape index (κ1) is 18.8. The highest BCUT2D eigenvalue weighted by molar-refractivity contribution is 6.02. The number of aryl methyl sites for hydroxylation is 1. The summed E-state index contributed by atoms with van der Waals surface area (Å²) in [4.78, 5) is 48.9. The minimum atomic E-state index is -0.976. The molecule has 2 N–H and O–H groups in total. The first-order valence-corrected chi connectivity index (χ1v) is 8.20. The fraction of sp³-hybridized carbons (Fsp3) is 0.444. The number of nitrogens with zero attached hydrogens (tertiary/aromatic N) is 1. The van der Waals surface area contributed by atoms with Crippen molar-refractivity contribution in [3.8, 4) is 0 Å². The van der Waals surface area contributed by atoms with Crippen LogP contribution in [0, 0.1) is 12.8 Å². The summed E-state index contributed by atoms with van der Waals surface area (Å²) in [5.74, 6) is -3.11. The molecule has 0 aromatic heterocycles. The highest BCUT2D eigenvalue weighted by Gasteiger charge is 2.34. The highest BCUT2D eigenvalue weighted by Crippen LogP contribution is 2.22. The van der Waals surface area contributed by atoms with Crippen molar-refractivity contribution >= 4 is 23.5 Å². The van der Waals surface area contributed by atoms with Crippen LogP contribution in [0.5, 0.6) is 0 Å². The molecule has 1 heterocycles. The van der Waals surface area contributed by atoms with Gasteiger partial charge in [-0.1, -0.05) is 36.8 Å². The van der Waals surface area contributed by atoms with E-state index in [2.05, 4.69) is 0 Å². The number of Topliss-reactive ketones (excluding diaryl/α,β-unsaturated/α-hetero) is 1. The fourth-order valence-electron chi connectivity index (χ4n) is 2.84. The number of amides is 3. The van der Waals surface area contributed by atoms with E-state index in [4.69, 9.17) is 5.21 Å². The van der Waals surface area contributed by atoms with Crippen molar-refractivity contribution in [2.75, 3.05) is 6.54 Å². The van der Waals surface area contributed by atoms with Gasteiger partial charge in [-0.05, 0) is 12.5 Å². The Labute approximate surface area is 146 Å². The van der Waals surface area contributed by atoms with Crippen molar-refractivity contribution < 1.29 is 24.4 Å². The third-order valence-corrected chi connectivity index (χ3v) is 4.55. The Morgan fingerprint density at radius 3 is 2.24 bits per heavy atom. The number of hydrogen-bond donors (Lipinski definition) is 2. The smallest absolute Gasteiger partial charge is 0.248 e. The summed E-state index contributed by atoms with van der Waals surface area (Å²) in [7, 11) is 0. The van der Waals surface area contributed by atoms with Gasteiger partial charge >= 0.3 is 0 Å². The molecule has 1 saturated heterocycles. The van der Waals surface area contributed by atoms with E-state index in [-0.39, 0.29) is 43.4 Å². The third-order valence-electron chi connectivity index (χ3n) is 4.55. The number of carbonyl (C=O) groups is 4. The lowest BCUT2D eigenvalue weighted by Crippen LogP contribution is -2.41. The van der Waals surface area contributed by atoms with E-state index in [0.717, 1.165) is 16.0 Å². The maximum absolute atomic E-state index is 12.5. The molecule has 0 radical (unpaired) electrons. The minimum Gasteiger partial charge on any atom is -0.299 e. The van der Waals surface area contributed by atoms with Gasteiger partial charge in [0.25, 0.3) is 0 Å². The lowest BCUT2D eigenvalue weighted by atomic mass is 9.89. The summed E-state index contributed by atoms with van der Waals surface area (Å²) >= 11 is 0. The molecule has 0 bridgehead atoms. The van der Waals surface area contributed by atoms with E-state index >= 15 is 0 Å². The van der Waals surface area contributed by atoms with Gasteiger partial charge in [-0.2, -0.15) is 0 Å². The quantitative estimate of drug-likeness (QED) is 0.440. The van der Waals surface area contributed by atoms with Gasteiger partial charge in [0.05, 0.1) is 5.92 Å². The summed E-state index contributed by atoms with van der Waals surface area (Å²) in [6.45, 7) is 3.49. The minimum absolute atomic E-state index is 0.111. The number of hydrogen-bond acceptors (Lipinski definition) is 5. The van der Waals surface area contributed by atoms with Crippen LogP contribution in [0.3, 0.4) is 0 Å². The van der Waals surface area contributed by atoms with Gasteiger partial charge in [0.1, 0.15) is 5.78 Å². The molecule has 2 rings (SSSR count). The van der Waals surface area contributed by atoms with Crippen molar-refractivity contribution in [1.29, 1.82) is 0 Å². The van der Waals surface area contributed by atoms with Crippen LogP contribution in [0.1, 0.15) is 43.2 Å². The predicted molar refractivity (Wildman–Crippen MR) is 88.6 cm³/mol. The first-order chi connectivity index (χ1) is 11.8. The Morgan fingerprint density at radius 1 is 1.16 bits per heavy atom. The second-order valence-corrected chi connectivity index (χ2v) is 6.37. The van der Waals surface area contributed by atoms with Crippen LogP contribution in [0.2, 0.25) is 0 Å². The number of hydroxylamine groups is 1. The van der Waals surface area contributed by atoms with Gasteiger partial charge in [-0.25, -0.2) is 5.48 Å². The summed E-state index contributed by atoms with van der Waals surface area (Å²) in [6, 6.07) is 7.51. The van der Waals surface area contributed by atoms with Crippen molar-refractivity contribution in [1.82, 2.24) is 10.4 Å². The molecule has 3 amide bonds. The first-order valence-electron chi connectivity index (χ1n) is 8.20. The van der Waals surface area contributed by atoms with Gasteiger partial charge in [0.2, 0.25) is 17.7 Å². The normalized spacial score (nSPS) is 16.7. The van der Waals surface area contributed by atoms with Gasteiger partial charge < -0.3 is 0 Å². The van der Waals surface area contributed by atoms with Gasteiger partial charge in [0.15, 0.2) is 0 Å². The van der Waals surface area contributed by atoms with Crippen LogP contribution in [0.15, 0.2) is 24.3 Å². The Hall–Kier alpha value is -2.54.